The highest BCUT2D eigenvalue weighted by atomic mass is 15.3. The van der Waals surface area contributed by atoms with Gasteiger partial charge in [-0.3, -0.25) is 0 Å². The van der Waals surface area contributed by atoms with Crippen molar-refractivity contribution in [1.82, 2.24) is 0 Å². The van der Waals surface area contributed by atoms with E-state index in [1.807, 2.05) is 12.1 Å². The second-order valence-electron chi connectivity index (χ2n) is 3.59. The van der Waals surface area contributed by atoms with Crippen molar-refractivity contribution in [3.05, 3.63) is 35.4 Å². The molecule has 1 rings (SSSR count). The molecule has 0 radical (unpaired) electrons. The quantitative estimate of drug-likeness (QED) is 0.443. The van der Waals surface area contributed by atoms with E-state index in [0.29, 0.717) is 5.92 Å². The third-order valence-electron chi connectivity index (χ3n) is 1.98. The first kappa shape index (κ1) is 11.2. The van der Waals surface area contributed by atoms with Crippen molar-refractivity contribution in [1.29, 1.82) is 0 Å². The van der Waals surface area contributed by atoms with Crippen molar-refractivity contribution in [2.45, 2.75) is 19.8 Å². The van der Waals surface area contributed by atoms with Crippen LogP contribution in [-0.4, -0.2) is 12.2 Å². The summed E-state index contributed by atoms with van der Waals surface area (Å²) in [6, 6.07) is 8.12. The third kappa shape index (κ3) is 3.81. The van der Waals surface area contributed by atoms with Crippen LogP contribution >= 0.6 is 0 Å². The van der Waals surface area contributed by atoms with E-state index in [-0.39, 0.29) is 5.96 Å². The Labute approximate surface area is 89.7 Å². The minimum Gasteiger partial charge on any atom is -0.369 e. The van der Waals surface area contributed by atoms with E-state index in [9.17, 15) is 0 Å². The largest absolute Gasteiger partial charge is 0.369 e. The Morgan fingerprint density at radius 2 is 1.80 bits per heavy atom. The van der Waals surface area contributed by atoms with Crippen LogP contribution in [0.2, 0.25) is 0 Å². The Kier molecular flexibility index (Phi) is 3.85. The summed E-state index contributed by atoms with van der Waals surface area (Å²) in [4.78, 5) is 0. The molecule has 0 atom stereocenters. The van der Waals surface area contributed by atoms with E-state index in [1.165, 1.54) is 5.56 Å². The molecule has 80 valence electrons. The van der Waals surface area contributed by atoms with Gasteiger partial charge in [0.1, 0.15) is 0 Å². The van der Waals surface area contributed by atoms with Crippen molar-refractivity contribution in [3.63, 3.8) is 0 Å². The van der Waals surface area contributed by atoms with Crippen LogP contribution in [0, 0.1) is 0 Å². The molecule has 0 aliphatic rings. The highest BCUT2D eigenvalue weighted by Crippen LogP contribution is 2.13. The number of nitrogens with two attached hydrogens (primary N) is 2. The zero-order valence-corrected chi connectivity index (χ0v) is 9.01. The van der Waals surface area contributed by atoms with Crippen molar-refractivity contribution < 1.29 is 0 Å². The molecule has 15 heavy (non-hydrogen) atoms. The first-order chi connectivity index (χ1) is 7.09. The lowest BCUT2D eigenvalue weighted by atomic mass is 10.0. The van der Waals surface area contributed by atoms with Crippen molar-refractivity contribution in [2.24, 2.45) is 21.7 Å². The molecule has 0 aromatic heterocycles. The van der Waals surface area contributed by atoms with Crippen LogP contribution in [0.4, 0.5) is 0 Å². The second kappa shape index (κ2) is 5.14. The van der Waals surface area contributed by atoms with Gasteiger partial charge in [-0.25, -0.2) is 0 Å². The number of hydrogen-bond acceptors (Lipinski definition) is 2. The van der Waals surface area contributed by atoms with Gasteiger partial charge in [-0.05, 0) is 17.0 Å². The van der Waals surface area contributed by atoms with Crippen LogP contribution in [0.25, 0.3) is 0 Å². The number of benzene rings is 1. The van der Waals surface area contributed by atoms with Crippen LogP contribution in [0.5, 0.6) is 0 Å². The predicted octanol–water partition coefficient (Wildman–Crippen LogP) is 1.42. The number of hydrogen-bond donors (Lipinski definition) is 2. The van der Waals surface area contributed by atoms with E-state index < -0.39 is 0 Å². The van der Waals surface area contributed by atoms with Gasteiger partial charge in [-0.1, -0.05) is 38.1 Å². The van der Waals surface area contributed by atoms with Crippen molar-refractivity contribution >= 4 is 12.2 Å². The van der Waals surface area contributed by atoms with E-state index in [2.05, 4.69) is 36.2 Å². The average molecular weight is 204 g/mol. The zero-order valence-electron chi connectivity index (χ0n) is 9.01. The van der Waals surface area contributed by atoms with Gasteiger partial charge >= 0.3 is 0 Å². The molecular formula is C11H16N4. The molecule has 1 aromatic carbocycles. The normalized spacial score (nSPS) is 10.9. The summed E-state index contributed by atoms with van der Waals surface area (Å²) in [7, 11) is 0. The van der Waals surface area contributed by atoms with E-state index in [0.717, 1.165) is 5.56 Å². The molecule has 0 saturated heterocycles. The Morgan fingerprint density at radius 3 is 2.27 bits per heavy atom. The van der Waals surface area contributed by atoms with Crippen LogP contribution in [0.1, 0.15) is 30.9 Å². The molecule has 0 unspecified atom stereocenters. The zero-order chi connectivity index (χ0) is 11.3. The predicted molar refractivity (Wildman–Crippen MR) is 63.9 cm³/mol. The minimum atomic E-state index is -0.0370. The van der Waals surface area contributed by atoms with Crippen LogP contribution in [-0.2, 0) is 0 Å². The molecular weight excluding hydrogens is 188 g/mol. The first-order valence-electron chi connectivity index (χ1n) is 4.81. The molecule has 4 N–H and O–H groups in total. The fourth-order valence-corrected chi connectivity index (χ4v) is 1.13. The lowest BCUT2D eigenvalue weighted by Gasteiger charge is -2.03. The number of rotatable bonds is 3. The molecule has 0 bridgehead atoms. The number of guanidine groups is 1. The maximum absolute atomic E-state index is 5.13. The number of nitrogens with zero attached hydrogens (tertiary/aromatic N) is 2. The van der Waals surface area contributed by atoms with Gasteiger partial charge in [-0.2, -0.15) is 5.10 Å². The third-order valence-corrected chi connectivity index (χ3v) is 1.98. The molecule has 0 amide bonds. The van der Waals surface area contributed by atoms with Gasteiger partial charge in [0.05, 0.1) is 6.21 Å². The Morgan fingerprint density at radius 1 is 1.20 bits per heavy atom. The SMILES string of the molecule is CC(C)c1ccc(/C=N\N=C(N)N)cc1. The fraction of sp³-hybridized carbons (Fsp3) is 0.273. The summed E-state index contributed by atoms with van der Waals surface area (Å²) in [5, 5.41) is 7.25. The fourth-order valence-electron chi connectivity index (χ4n) is 1.13. The van der Waals surface area contributed by atoms with E-state index in [4.69, 9.17) is 11.5 Å². The van der Waals surface area contributed by atoms with Crippen LogP contribution in [0.3, 0.4) is 0 Å². The summed E-state index contributed by atoms with van der Waals surface area (Å²) in [5.41, 5.74) is 12.5. The molecule has 0 aliphatic heterocycles. The van der Waals surface area contributed by atoms with Gasteiger partial charge in [-0.15, -0.1) is 5.10 Å². The molecule has 4 nitrogen and oxygen atoms in total. The Balaban J connectivity index is 2.73. The lowest BCUT2D eigenvalue weighted by Crippen LogP contribution is -2.21. The monoisotopic (exact) mass is 204 g/mol. The standard InChI is InChI=1S/C11H16N4/c1-8(2)10-5-3-9(4-6-10)7-14-15-11(12)13/h3-8H,1-2H3,(H4,12,13,15)/b14-7-. The summed E-state index contributed by atoms with van der Waals surface area (Å²) >= 11 is 0. The van der Waals surface area contributed by atoms with Crippen molar-refractivity contribution in [2.75, 3.05) is 0 Å². The molecule has 0 saturated carbocycles. The van der Waals surface area contributed by atoms with Crippen molar-refractivity contribution in [3.8, 4) is 0 Å². The summed E-state index contributed by atoms with van der Waals surface area (Å²) in [5.74, 6) is 0.499. The van der Waals surface area contributed by atoms with Crippen LogP contribution in [0.15, 0.2) is 34.5 Å². The maximum atomic E-state index is 5.13. The smallest absolute Gasteiger partial charge is 0.211 e. The average Bonchev–Trinajstić information content (AvgIpc) is 2.18. The topological polar surface area (TPSA) is 76.8 Å². The van der Waals surface area contributed by atoms with E-state index >= 15 is 0 Å². The molecule has 1 aromatic rings. The van der Waals surface area contributed by atoms with Gasteiger partial charge < -0.3 is 11.5 Å². The van der Waals surface area contributed by atoms with Gasteiger partial charge in [0.25, 0.3) is 0 Å². The Hall–Kier alpha value is -1.84. The van der Waals surface area contributed by atoms with E-state index in [1.54, 1.807) is 6.21 Å². The lowest BCUT2D eigenvalue weighted by molar-refractivity contribution is 0.866. The summed E-state index contributed by atoms with van der Waals surface area (Å²) in [6.07, 6.45) is 1.61. The molecule has 0 aliphatic carbocycles. The molecule has 0 heterocycles. The highest BCUT2D eigenvalue weighted by molar-refractivity contribution is 5.81. The molecule has 0 fully saturated rings. The second-order valence-corrected chi connectivity index (χ2v) is 3.59. The molecule has 0 spiro atoms. The van der Waals surface area contributed by atoms with Gasteiger partial charge in [0, 0.05) is 0 Å². The minimum absolute atomic E-state index is 0.0370. The van der Waals surface area contributed by atoms with Gasteiger partial charge in [0.15, 0.2) is 0 Å². The maximum Gasteiger partial charge on any atom is 0.211 e. The first-order valence-corrected chi connectivity index (χ1v) is 4.81. The summed E-state index contributed by atoms with van der Waals surface area (Å²) in [6.45, 7) is 4.31. The molecule has 4 heteroatoms. The highest BCUT2D eigenvalue weighted by Gasteiger charge is 1.96. The summed E-state index contributed by atoms with van der Waals surface area (Å²) < 4.78 is 0. The van der Waals surface area contributed by atoms with Crippen LogP contribution < -0.4 is 11.5 Å². The Bertz CT molecular complexity index is 359. The van der Waals surface area contributed by atoms with Gasteiger partial charge in [0.2, 0.25) is 5.96 Å².